The number of carbonyl (C=O) groups is 1. The van der Waals surface area contributed by atoms with Gasteiger partial charge in [0.2, 0.25) is 0 Å². The lowest BCUT2D eigenvalue weighted by Crippen LogP contribution is -2.22. The van der Waals surface area contributed by atoms with Crippen LogP contribution < -0.4 is 10.2 Å². The minimum absolute atomic E-state index is 0.189. The predicted molar refractivity (Wildman–Crippen MR) is 74.0 cm³/mol. The number of carbonyl (C=O) groups excluding carboxylic acids is 1. The summed E-state index contributed by atoms with van der Waals surface area (Å²) < 4.78 is 0. The Kier molecular flexibility index (Phi) is 5.55. The number of Topliss-reactive ketones (excluding diaryl/α,β-unsaturated/α-hetero) is 1. The van der Waals surface area contributed by atoms with Crippen LogP contribution in [0.2, 0.25) is 0 Å². The molecular formula is C13H22N4O. The van der Waals surface area contributed by atoms with Crippen LogP contribution in [0.5, 0.6) is 0 Å². The Morgan fingerprint density at radius 2 is 2.22 bits per heavy atom. The summed E-state index contributed by atoms with van der Waals surface area (Å²) in [7, 11) is 1.93. The topological polar surface area (TPSA) is 58.1 Å². The maximum Gasteiger partial charge on any atom is 0.133 e. The highest BCUT2D eigenvalue weighted by Crippen LogP contribution is 2.14. The maximum atomic E-state index is 11.0. The van der Waals surface area contributed by atoms with Crippen molar-refractivity contribution in [1.82, 2.24) is 9.97 Å². The Hall–Kier alpha value is -1.65. The van der Waals surface area contributed by atoms with Crippen LogP contribution in [0, 0.1) is 0 Å². The average molecular weight is 250 g/mol. The number of ketones is 1. The molecule has 1 unspecified atom stereocenters. The minimum atomic E-state index is 0.189. The molecule has 100 valence electrons. The van der Waals surface area contributed by atoms with Gasteiger partial charge in [0.15, 0.2) is 0 Å². The SMILES string of the molecule is CCC(C)Nc1cc(N(C)CCC(C)=O)ncn1. The fourth-order valence-electron chi connectivity index (χ4n) is 1.43. The molecule has 0 aromatic carbocycles. The van der Waals surface area contributed by atoms with Crippen molar-refractivity contribution in [3.8, 4) is 0 Å². The fraction of sp³-hybridized carbons (Fsp3) is 0.615. The van der Waals surface area contributed by atoms with Gasteiger partial charge in [0.25, 0.3) is 0 Å². The molecule has 0 saturated heterocycles. The molecule has 0 saturated carbocycles. The van der Waals surface area contributed by atoms with E-state index in [2.05, 4.69) is 29.1 Å². The highest BCUT2D eigenvalue weighted by molar-refractivity contribution is 5.76. The van der Waals surface area contributed by atoms with Gasteiger partial charge in [-0.25, -0.2) is 9.97 Å². The van der Waals surface area contributed by atoms with Crippen molar-refractivity contribution in [2.75, 3.05) is 23.8 Å². The molecule has 1 N–H and O–H groups in total. The van der Waals surface area contributed by atoms with Gasteiger partial charge in [-0.05, 0) is 20.3 Å². The Morgan fingerprint density at radius 1 is 1.50 bits per heavy atom. The lowest BCUT2D eigenvalue weighted by molar-refractivity contribution is -0.116. The molecule has 0 aliphatic heterocycles. The van der Waals surface area contributed by atoms with Gasteiger partial charge in [-0.3, -0.25) is 4.79 Å². The first-order valence-electron chi connectivity index (χ1n) is 6.32. The van der Waals surface area contributed by atoms with Crippen LogP contribution in [-0.4, -0.2) is 35.4 Å². The zero-order valence-electron chi connectivity index (χ0n) is 11.6. The normalized spacial score (nSPS) is 12.0. The standard InChI is InChI=1S/C13H22N4O/c1-5-10(2)16-12-8-13(15-9-14-12)17(4)7-6-11(3)18/h8-10H,5-7H2,1-4H3,(H,14,15,16). The highest BCUT2D eigenvalue weighted by atomic mass is 16.1. The first-order chi connectivity index (χ1) is 8.52. The summed E-state index contributed by atoms with van der Waals surface area (Å²) >= 11 is 0. The molecule has 0 radical (unpaired) electrons. The summed E-state index contributed by atoms with van der Waals surface area (Å²) in [5.74, 6) is 1.84. The van der Waals surface area contributed by atoms with E-state index in [1.54, 1.807) is 13.3 Å². The van der Waals surface area contributed by atoms with Gasteiger partial charge >= 0.3 is 0 Å². The molecule has 0 spiro atoms. The van der Waals surface area contributed by atoms with E-state index in [1.165, 1.54) is 0 Å². The molecule has 0 bridgehead atoms. The van der Waals surface area contributed by atoms with Crippen LogP contribution >= 0.6 is 0 Å². The zero-order valence-corrected chi connectivity index (χ0v) is 11.6. The molecule has 1 atom stereocenters. The Bertz CT molecular complexity index is 394. The van der Waals surface area contributed by atoms with Crippen molar-refractivity contribution < 1.29 is 4.79 Å². The van der Waals surface area contributed by atoms with Gasteiger partial charge in [0, 0.05) is 32.1 Å². The van der Waals surface area contributed by atoms with E-state index in [4.69, 9.17) is 0 Å². The Balaban J connectivity index is 2.65. The second kappa shape index (κ2) is 6.93. The monoisotopic (exact) mass is 250 g/mol. The molecule has 0 fully saturated rings. The smallest absolute Gasteiger partial charge is 0.133 e. The van der Waals surface area contributed by atoms with Crippen molar-refractivity contribution >= 4 is 17.4 Å². The third-order valence-electron chi connectivity index (χ3n) is 2.85. The van der Waals surface area contributed by atoms with Gasteiger partial charge in [-0.1, -0.05) is 6.92 Å². The van der Waals surface area contributed by atoms with E-state index in [0.29, 0.717) is 19.0 Å². The summed E-state index contributed by atoms with van der Waals surface area (Å²) in [6.07, 6.45) is 3.12. The van der Waals surface area contributed by atoms with Gasteiger partial charge in [0.05, 0.1) is 0 Å². The van der Waals surface area contributed by atoms with E-state index in [-0.39, 0.29) is 5.78 Å². The van der Waals surface area contributed by atoms with Gasteiger partial charge in [-0.15, -0.1) is 0 Å². The van der Waals surface area contributed by atoms with Crippen LogP contribution in [0.15, 0.2) is 12.4 Å². The Morgan fingerprint density at radius 3 is 2.83 bits per heavy atom. The quantitative estimate of drug-likeness (QED) is 0.803. The molecule has 0 aliphatic rings. The average Bonchev–Trinajstić information content (AvgIpc) is 2.36. The van der Waals surface area contributed by atoms with Crippen molar-refractivity contribution in [1.29, 1.82) is 0 Å². The maximum absolute atomic E-state index is 11.0. The second-order valence-electron chi connectivity index (χ2n) is 4.59. The van der Waals surface area contributed by atoms with Crippen LogP contribution in [0.3, 0.4) is 0 Å². The zero-order chi connectivity index (χ0) is 13.5. The van der Waals surface area contributed by atoms with Gasteiger partial charge < -0.3 is 10.2 Å². The number of hydrogen-bond donors (Lipinski definition) is 1. The first-order valence-corrected chi connectivity index (χ1v) is 6.32. The lowest BCUT2D eigenvalue weighted by Gasteiger charge is -2.18. The number of aromatic nitrogens is 2. The molecule has 1 rings (SSSR count). The minimum Gasteiger partial charge on any atom is -0.367 e. The summed E-state index contributed by atoms with van der Waals surface area (Å²) in [6, 6.07) is 2.29. The first kappa shape index (κ1) is 14.4. The molecule has 1 aromatic rings. The molecular weight excluding hydrogens is 228 g/mol. The molecule has 5 heteroatoms. The Labute approximate surface area is 109 Å². The largest absolute Gasteiger partial charge is 0.367 e. The van der Waals surface area contributed by atoms with Crippen LogP contribution in [0.4, 0.5) is 11.6 Å². The van der Waals surface area contributed by atoms with Crippen LogP contribution in [0.25, 0.3) is 0 Å². The van der Waals surface area contributed by atoms with Gasteiger partial charge in [-0.2, -0.15) is 0 Å². The molecule has 0 aliphatic carbocycles. The van der Waals surface area contributed by atoms with Gasteiger partial charge in [0.1, 0.15) is 23.7 Å². The van der Waals surface area contributed by atoms with E-state index >= 15 is 0 Å². The number of rotatable bonds is 7. The van der Waals surface area contributed by atoms with Crippen molar-refractivity contribution in [3.63, 3.8) is 0 Å². The van der Waals surface area contributed by atoms with Crippen molar-refractivity contribution in [2.45, 2.75) is 39.7 Å². The van der Waals surface area contributed by atoms with E-state index < -0.39 is 0 Å². The molecule has 0 amide bonds. The molecule has 1 aromatic heterocycles. The second-order valence-corrected chi connectivity index (χ2v) is 4.59. The van der Waals surface area contributed by atoms with Crippen LogP contribution in [-0.2, 0) is 4.79 Å². The summed E-state index contributed by atoms with van der Waals surface area (Å²) in [6.45, 7) is 6.51. The van der Waals surface area contributed by atoms with Crippen molar-refractivity contribution in [2.24, 2.45) is 0 Å². The number of nitrogens with zero attached hydrogens (tertiary/aromatic N) is 3. The number of nitrogens with one attached hydrogen (secondary N) is 1. The molecule has 18 heavy (non-hydrogen) atoms. The predicted octanol–water partition coefficient (Wildman–Crippen LogP) is 2.10. The van der Waals surface area contributed by atoms with E-state index in [9.17, 15) is 4.79 Å². The third-order valence-corrected chi connectivity index (χ3v) is 2.85. The number of anilines is 2. The highest BCUT2D eigenvalue weighted by Gasteiger charge is 2.06. The lowest BCUT2D eigenvalue weighted by atomic mass is 10.2. The fourth-order valence-corrected chi connectivity index (χ4v) is 1.43. The van der Waals surface area contributed by atoms with Crippen LogP contribution in [0.1, 0.15) is 33.6 Å². The van der Waals surface area contributed by atoms with E-state index in [1.807, 2.05) is 18.0 Å². The molecule has 1 heterocycles. The third kappa shape index (κ3) is 4.69. The molecule has 5 nitrogen and oxygen atoms in total. The number of hydrogen-bond acceptors (Lipinski definition) is 5. The summed E-state index contributed by atoms with van der Waals surface area (Å²) in [5, 5.41) is 3.31. The summed E-state index contributed by atoms with van der Waals surface area (Å²) in [5.41, 5.74) is 0. The van der Waals surface area contributed by atoms with Crippen molar-refractivity contribution in [3.05, 3.63) is 12.4 Å². The van der Waals surface area contributed by atoms with E-state index in [0.717, 1.165) is 18.1 Å². The summed E-state index contributed by atoms with van der Waals surface area (Å²) in [4.78, 5) is 21.3.